The van der Waals surface area contributed by atoms with Gasteiger partial charge in [0.15, 0.2) is 6.23 Å². The molecular formula is C12H15NO6. The number of anilines is 1. The van der Waals surface area contributed by atoms with Gasteiger partial charge in [-0.15, -0.1) is 0 Å². The van der Waals surface area contributed by atoms with Crippen molar-refractivity contribution in [1.82, 2.24) is 0 Å². The molecule has 0 amide bonds. The largest absolute Gasteiger partial charge is 0.478 e. The molecule has 0 spiro atoms. The van der Waals surface area contributed by atoms with Gasteiger partial charge in [0, 0.05) is 5.69 Å². The van der Waals surface area contributed by atoms with Crippen LogP contribution in [0, 0.1) is 0 Å². The SMILES string of the molecule is O=C(O)c1ccc(N[C@@H]2OC[C@@H](O)[C@@H](O)C2O)cc1. The summed E-state index contributed by atoms with van der Waals surface area (Å²) in [6.07, 6.45) is -4.55. The zero-order chi connectivity index (χ0) is 14.0. The van der Waals surface area contributed by atoms with E-state index in [2.05, 4.69) is 5.32 Å². The van der Waals surface area contributed by atoms with Crippen LogP contribution in [-0.4, -0.2) is 57.5 Å². The van der Waals surface area contributed by atoms with Crippen LogP contribution in [0.15, 0.2) is 24.3 Å². The van der Waals surface area contributed by atoms with E-state index in [0.717, 1.165) is 0 Å². The van der Waals surface area contributed by atoms with Crippen LogP contribution in [0.25, 0.3) is 0 Å². The monoisotopic (exact) mass is 269 g/mol. The molecule has 1 heterocycles. The minimum Gasteiger partial charge on any atom is -0.478 e. The number of rotatable bonds is 3. The van der Waals surface area contributed by atoms with Gasteiger partial charge in [-0.25, -0.2) is 4.79 Å². The highest BCUT2D eigenvalue weighted by atomic mass is 16.5. The Morgan fingerprint density at radius 3 is 2.37 bits per heavy atom. The third-order valence-electron chi connectivity index (χ3n) is 2.94. The Balaban J connectivity index is 2.03. The van der Waals surface area contributed by atoms with Crippen molar-refractivity contribution in [3.63, 3.8) is 0 Å². The van der Waals surface area contributed by atoms with E-state index < -0.39 is 30.5 Å². The van der Waals surface area contributed by atoms with E-state index in [1.165, 1.54) is 24.3 Å². The third kappa shape index (κ3) is 3.02. The van der Waals surface area contributed by atoms with Crippen LogP contribution in [0.1, 0.15) is 10.4 Å². The average molecular weight is 269 g/mol. The van der Waals surface area contributed by atoms with Gasteiger partial charge in [0.25, 0.3) is 0 Å². The number of benzene rings is 1. The van der Waals surface area contributed by atoms with Crippen molar-refractivity contribution in [2.45, 2.75) is 24.5 Å². The molecular weight excluding hydrogens is 254 g/mol. The molecule has 7 heteroatoms. The Labute approximate surface area is 109 Å². The summed E-state index contributed by atoms with van der Waals surface area (Å²) in [7, 11) is 0. The van der Waals surface area contributed by atoms with E-state index in [1.54, 1.807) is 0 Å². The Morgan fingerprint density at radius 2 is 1.79 bits per heavy atom. The van der Waals surface area contributed by atoms with Gasteiger partial charge in [-0.05, 0) is 24.3 Å². The normalized spacial score (nSPS) is 30.9. The number of carboxylic acid groups (broad SMARTS) is 1. The fourth-order valence-corrected chi connectivity index (χ4v) is 1.81. The molecule has 5 N–H and O–H groups in total. The molecule has 2 rings (SSSR count). The predicted molar refractivity (Wildman–Crippen MR) is 64.8 cm³/mol. The fourth-order valence-electron chi connectivity index (χ4n) is 1.81. The average Bonchev–Trinajstić information content (AvgIpc) is 2.40. The molecule has 7 nitrogen and oxygen atoms in total. The van der Waals surface area contributed by atoms with Crippen LogP contribution in [0.5, 0.6) is 0 Å². The van der Waals surface area contributed by atoms with Gasteiger partial charge in [0.2, 0.25) is 0 Å². The van der Waals surface area contributed by atoms with E-state index in [1.807, 2.05) is 0 Å². The molecule has 1 aliphatic heterocycles. The van der Waals surface area contributed by atoms with Gasteiger partial charge in [-0.1, -0.05) is 0 Å². The molecule has 0 radical (unpaired) electrons. The number of carbonyl (C=O) groups is 1. The topological polar surface area (TPSA) is 119 Å². The van der Waals surface area contributed by atoms with Gasteiger partial charge in [0.05, 0.1) is 12.2 Å². The predicted octanol–water partition coefficient (Wildman–Crippen LogP) is -0.764. The minimum atomic E-state index is -1.29. The smallest absolute Gasteiger partial charge is 0.335 e. The zero-order valence-electron chi connectivity index (χ0n) is 9.93. The fraction of sp³-hybridized carbons (Fsp3) is 0.417. The van der Waals surface area contributed by atoms with Crippen molar-refractivity contribution in [3.05, 3.63) is 29.8 Å². The number of nitrogens with one attached hydrogen (secondary N) is 1. The number of carboxylic acids is 1. The third-order valence-corrected chi connectivity index (χ3v) is 2.94. The van der Waals surface area contributed by atoms with Gasteiger partial charge in [0.1, 0.15) is 18.3 Å². The lowest BCUT2D eigenvalue weighted by Crippen LogP contribution is -2.55. The lowest BCUT2D eigenvalue weighted by atomic mass is 10.0. The molecule has 0 aliphatic carbocycles. The number of aliphatic hydroxyl groups is 3. The second kappa shape index (κ2) is 5.54. The molecule has 19 heavy (non-hydrogen) atoms. The highest BCUT2D eigenvalue weighted by Gasteiger charge is 2.37. The quantitative estimate of drug-likeness (QED) is 0.489. The Bertz CT molecular complexity index is 448. The van der Waals surface area contributed by atoms with Crippen molar-refractivity contribution in [2.24, 2.45) is 0 Å². The van der Waals surface area contributed by atoms with E-state index >= 15 is 0 Å². The lowest BCUT2D eigenvalue weighted by molar-refractivity contribution is -0.178. The summed E-state index contributed by atoms with van der Waals surface area (Å²) < 4.78 is 5.17. The molecule has 1 saturated heterocycles. The first-order chi connectivity index (χ1) is 8.99. The Kier molecular flexibility index (Phi) is 4.01. The van der Waals surface area contributed by atoms with Crippen molar-refractivity contribution in [1.29, 1.82) is 0 Å². The molecule has 0 aromatic heterocycles. The first kappa shape index (κ1) is 13.8. The van der Waals surface area contributed by atoms with E-state index in [-0.39, 0.29) is 12.2 Å². The molecule has 104 valence electrons. The number of aromatic carboxylic acids is 1. The van der Waals surface area contributed by atoms with Crippen molar-refractivity contribution >= 4 is 11.7 Å². The standard InChI is InChI=1S/C12H15NO6/c14-8-5-19-11(10(16)9(8)15)13-7-3-1-6(2-4-7)12(17)18/h1-4,8-11,13-16H,5H2,(H,17,18)/t8-,9-,10?,11-/m1/s1. The summed E-state index contributed by atoms with van der Waals surface area (Å²) in [5, 5.41) is 40.1. The highest BCUT2D eigenvalue weighted by molar-refractivity contribution is 5.87. The van der Waals surface area contributed by atoms with E-state index in [4.69, 9.17) is 9.84 Å². The van der Waals surface area contributed by atoms with Crippen molar-refractivity contribution in [2.75, 3.05) is 11.9 Å². The Hall–Kier alpha value is -1.67. The summed E-state index contributed by atoms with van der Waals surface area (Å²) in [6, 6.07) is 5.87. The van der Waals surface area contributed by atoms with Gasteiger partial charge < -0.3 is 30.5 Å². The number of ether oxygens (including phenoxy) is 1. The van der Waals surface area contributed by atoms with Crippen LogP contribution in [-0.2, 0) is 4.74 Å². The number of hydrogen-bond donors (Lipinski definition) is 5. The van der Waals surface area contributed by atoms with Gasteiger partial charge in [-0.3, -0.25) is 0 Å². The van der Waals surface area contributed by atoms with Crippen LogP contribution in [0.3, 0.4) is 0 Å². The van der Waals surface area contributed by atoms with Crippen LogP contribution in [0.4, 0.5) is 5.69 Å². The first-order valence-electron chi connectivity index (χ1n) is 5.74. The van der Waals surface area contributed by atoms with Crippen LogP contribution >= 0.6 is 0 Å². The molecule has 1 aromatic rings. The number of hydrogen-bond acceptors (Lipinski definition) is 6. The van der Waals surface area contributed by atoms with Crippen LogP contribution < -0.4 is 5.32 Å². The molecule has 0 bridgehead atoms. The molecule has 0 saturated carbocycles. The zero-order valence-corrected chi connectivity index (χ0v) is 9.93. The minimum absolute atomic E-state index is 0.0941. The summed E-state index contributed by atoms with van der Waals surface area (Å²) in [5.74, 6) is -1.03. The molecule has 1 aliphatic rings. The summed E-state index contributed by atoms with van der Waals surface area (Å²) in [5.41, 5.74) is 0.684. The molecule has 1 aromatic carbocycles. The maximum Gasteiger partial charge on any atom is 0.335 e. The van der Waals surface area contributed by atoms with Gasteiger partial charge in [-0.2, -0.15) is 0 Å². The summed E-state index contributed by atoms with van der Waals surface area (Å²) in [6.45, 7) is -0.0941. The van der Waals surface area contributed by atoms with Gasteiger partial charge >= 0.3 is 5.97 Å². The molecule has 1 unspecified atom stereocenters. The van der Waals surface area contributed by atoms with Crippen LogP contribution in [0.2, 0.25) is 0 Å². The second-order valence-electron chi connectivity index (χ2n) is 4.33. The lowest BCUT2D eigenvalue weighted by Gasteiger charge is -2.35. The molecule has 1 fully saturated rings. The maximum atomic E-state index is 10.7. The first-order valence-corrected chi connectivity index (χ1v) is 5.74. The Morgan fingerprint density at radius 1 is 1.16 bits per heavy atom. The maximum absolute atomic E-state index is 10.7. The van der Waals surface area contributed by atoms with Crippen molar-refractivity contribution in [3.8, 4) is 0 Å². The molecule has 4 atom stereocenters. The van der Waals surface area contributed by atoms with E-state index in [0.29, 0.717) is 5.69 Å². The second-order valence-corrected chi connectivity index (χ2v) is 4.33. The summed E-state index contributed by atoms with van der Waals surface area (Å²) in [4.78, 5) is 10.7. The highest BCUT2D eigenvalue weighted by Crippen LogP contribution is 2.19. The summed E-state index contributed by atoms with van der Waals surface area (Å²) >= 11 is 0. The van der Waals surface area contributed by atoms with E-state index in [9.17, 15) is 20.1 Å². The number of aliphatic hydroxyl groups excluding tert-OH is 3. The van der Waals surface area contributed by atoms with Crippen molar-refractivity contribution < 1.29 is 30.0 Å².